The molecular formula is C16H19ClN2O3. The van der Waals surface area contributed by atoms with Crippen LogP contribution in [-0.2, 0) is 4.74 Å². The van der Waals surface area contributed by atoms with E-state index in [4.69, 9.17) is 21.1 Å². The molecule has 3 aliphatic heterocycles. The van der Waals surface area contributed by atoms with Gasteiger partial charge in [0.2, 0.25) is 0 Å². The Hall–Kier alpha value is -1.46. The molecule has 3 heterocycles. The summed E-state index contributed by atoms with van der Waals surface area (Å²) in [6.45, 7) is 1.44. The summed E-state index contributed by atoms with van der Waals surface area (Å²) in [6, 6.07) is 5.47. The third kappa shape index (κ3) is 1.92. The molecular weight excluding hydrogens is 304 g/mol. The number of ether oxygens (including phenoxy) is 2. The highest BCUT2D eigenvalue weighted by atomic mass is 35.5. The van der Waals surface area contributed by atoms with E-state index in [2.05, 4.69) is 5.32 Å². The molecule has 2 saturated heterocycles. The van der Waals surface area contributed by atoms with Crippen LogP contribution in [0.15, 0.2) is 18.2 Å². The fourth-order valence-corrected chi connectivity index (χ4v) is 4.29. The molecule has 3 aliphatic rings. The van der Waals surface area contributed by atoms with Crippen molar-refractivity contribution in [2.45, 2.75) is 31.0 Å². The Labute approximate surface area is 134 Å². The second kappa shape index (κ2) is 5.03. The molecule has 1 N–H and O–H groups in total. The number of amides is 2. The van der Waals surface area contributed by atoms with Crippen molar-refractivity contribution in [3.63, 3.8) is 0 Å². The fraction of sp³-hybridized carbons (Fsp3) is 0.562. The number of hydrogen-bond acceptors (Lipinski definition) is 3. The van der Waals surface area contributed by atoms with E-state index in [1.807, 2.05) is 25.2 Å². The molecule has 0 aliphatic carbocycles. The van der Waals surface area contributed by atoms with Crippen molar-refractivity contribution in [1.29, 1.82) is 0 Å². The first-order chi connectivity index (χ1) is 10.6. The molecule has 0 spiro atoms. The summed E-state index contributed by atoms with van der Waals surface area (Å²) in [7, 11) is 1.82. The minimum absolute atomic E-state index is 0.0935. The van der Waals surface area contributed by atoms with Gasteiger partial charge in [0.1, 0.15) is 5.75 Å². The highest BCUT2D eigenvalue weighted by molar-refractivity contribution is 6.31. The first kappa shape index (κ1) is 14.2. The van der Waals surface area contributed by atoms with E-state index in [0.717, 1.165) is 43.8 Å². The summed E-state index contributed by atoms with van der Waals surface area (Å²) >= 11 is 6.34. The van der Waals surface area contributed by atoms with Gasteiger partial charge in [0.25, 0.3) is 0 Å². The van der Waals surface area contributed by atoms with Crippen molar-refractivity contribution < 1.29 is 14.3 Å². The molecule has 2 bridgehead atoms. The first-order valence-electron chi connectivity index (χ1n) is 7.71. The van der Waals surface area contributed by atoms with E-state index in [0.29, 0.717) is 5.02 Å². The Morgan fingerprint density at radius 2 is 2.14 bits per heavy atom. The Morgan fingerprint density at radius 3 is 2.91 bits per heavy atom. The predicted molar refractivity (Wildman–Crippen MR) is 82.0 cm³/mol. The summed E-state index contributed by atoms with van der Waals surface area (Å²) in [5.41, 5.74) is 0.294. The average Bonchev–Trinajstić information content (AvgIpc) is 2.53. The number of carbonyl (C=O) groups excluding carboxylic acids is 1. The molecule has 22 heavy (non-hydrogen) atoms. The van der Waals surface area contributed by atoms with Gasteiger partial charge in [-0.1, -0.05) is 17.7 Å². The Balaban J connectivity index is 1.81. The molecule has 0 saturated carbocycles. The molecule has 4 rings (SSSR count). The Bertz CT molecular complexity index is 617. The fourth-order valence-electron chi connectivity index (χ4n) is 3.99. The third-order valence-corrected chi connectivity index (χ3v) is 5.50. The zero-order valence-electron chi connectivity index (χ0n) is 12.5. The standard InChI is InChI=1S/C16H19ClN2O3/c1-19-15(20)18-12-9-16(19,10-5-7-21-8-6-10)22-13-4-2-3-11(17)14(12)13/h2-4,10,12H,5-9H2,1H3,(H,18,20). The highest BCUT2D eigenvalue weighted by Crippen LogP contribution is 2.50. The van der Waals surface area contributed by atoms with Gasteiger partial charge >= 0.3 is 6.03 Å². The molecule has 2 amide bonds. The zero-order valence-corrected chi connectivity index (χ0v) is 13.2. The van der Waals surface area contributed by atoms with Crippen LogP contribution in [0.25, 0.3) is 0 Å². The maximum Gasteiger partial charge on any atom is 0.320 e. The van der Waals surface area contributed by atoms with Crippen molar-refractivity contribution in [3.05, 3.63) is 28.8 Å². The van der Waals surface area contributed by atoms with E-state index >= 15 is 0 Å². The lowest BCUT2D eigenvalue weighted by molar-refractivity contribution is -0.149. The second-order valence-corrected chi connectivity index (χ2v) is 6.66. The van der Waals surface area contributed by atoms with Crippen molar-refractivity contribution in [2.75, 3.05) is 20.3 Å². The lowest BCUT2D eigenvalue weighted by atomic mass is 9.78. The normalized spacial score (nSPS) is 31.3. The van der Waals surface area contributed by atoms with E-state index in [1.165, 1.54) is 0 Å². The SMILES string of the molecule is CN1C(=O)NC2CC1(C1CCOCC1)Oc1cccc(Cl)c12. The maximum absolute atomic E-state index is 12.4. The zero-order chi connectivity index (χ0) is 15.3. The third-order valence-electron chi connectivity index (χ3n) is 5.17. The molecule has 118 valence electrons. The highest BCUT2D eigenvalue weighted by Gasteiger charge is 2.55. The average molecular weight is 323 g/mol. The minimum Gasteiger partial charge on any atom is -0.467 e. The maximum atomic E-state index is 12.4. The predicted octanol–water partition coefficient (Wildman–Crippen LogP) is 2.94. The molecule has 2 unspecified atom stereocenters. The van der Waals surface area contributed by atoms with Crippen LogP contribution in [0.4, 0.5) is 4.79 Å². The van der Waals surface area contributed by atoms with Crippen molar-refractivity contribution in [3.8, 4) is 5.75 Å². The van der Waals surface area contributed by atoms with Crippen LogP contribution in [0.1, 0.15) is 30.9 Å². The topological polar surface area (TPSA) is 50.8 Å². The summed E-state index contributed by atoms with van der Waals surface area (Å²) in [6.07, 6.45) is 2.52. The van der Waals surface area contributed by atoms with Gasteiger partial charge < -0.3 is 14.8 Å². The van der Waals surface area contributed by atoms with Crippen LogP contribution in [-0.4, -0.2) is 36.9 Å². The van der Waals surface area contributed by atoms with Crippen LogP contribution in [0.5, 0.6) is 5.75 Å². The number of nitrogens with zero attached hydrogens (tertiary/aromatic N) is 1. The first-order valence-corrected chi connectivity index (χ1v) is 8.09. The van der Waals surface area contributed by atoms with E-state index < -0.39 is 5.72 Å². The Morgan fingerprint density at radius 1 is 1.36 bits per heavy atom. The van der Waals surface area contributed by atoms with Crippen LogP contribution in [0.2, 0.25) is 5.02 Å². The monoisotopic (exact) mass is 322 g/mol. The van der Waals surface area contributed by atoms with Crippen LogP contribution >= 0.6 is 11.6 Å². The van der Waals surface area contributed by atoms with Gasteiger partial charge in [-0.3, -0.25) is 4.90 Å². The van der Waals surface area contributed by atoms with Gasteiger partial charge in [0.15, 0.2) is 5.72 Å². The van der Waals surface area contributed by atoms with Crippen molar-refractivity contribution in [1.82, 2.24) is 10.2 Å². The van der Waals surface area contributed by atoms with Crippen LogP contribution in [0, 0.1) is 5.92 Å². The number of nitrogens with one attached hydrogen (secondary N) is 1. The van der Waals surface area contributed by atoms with Gasteiger partial charge in [-0.2, -0.15) is 0 Å². The number of halogens is 1. The summed E-state index contributed by atoms with van der Waals surface area (Å²) in [5, 5.41) is 3.70. The smallest absolute Gasteiger partial charge is 0.320 e. The summed E-state index contributed by atoms with van der Waals surface area (Å²) < 4.78 is 11.9. The molecule has 2 atom stereocenters. The van der Waals surface area contributed by atoms with E-state index in [-0.39, 0.29) is 18.0 Å². The summed E-state index contributed by atoms with van der Waals surface area (Å²) in [5.74, 6) is 1.05. The molecule has 0 radical (unpaired) electrons. The minimum atomic E-state index is -0.603. The number of hydrogen-bond donors (Lipinski definition) is 1. The van der Waals surface area contributed by atoms with Crippen LogP contribution < -0.4 is 10.1 Å². The number of rotatable bonds is 1. The summed E-state index contributed by atoms with van der Waals surface area (Å²) in [4.78, 5) is 14.2. The quantitative estimate of drug-likeness (QED) is 0.865. The van der Waals surface area contributed by atoms with Gasteiger partial charge in [0.05, 0.1) is 6.04 Å². The number of carbonyl (C=O) groups is 1. The molecule has 1 aromatic carbocycles. The van der Waals surface area contributed by atoms with Gasteiger partial charge in [-0.25, -0.2) is 4.79 Å². The molecule has 2 fully saturated rings. The van der Waals surface area contributed by atoms with Gasteiger partial charge in [0, 0.05) is 43.2 Å². The molecule has 6 heteroatoms. The lowest BCUT2D eigenvalue weighted by Crippen LogP contribution is -2.68. The van der Waals surface area contributed by atoms with Crippen molar-refractivity contribution in [2.24, 2.45) is 5.92 Å². The number of urea groups is 1. The molecule has 5 nitrogen and oxygen atoms in total. The van der Waals surface area contributed by atoms with Crippen LogP contribution in [0.3, 0.4) is 0 Å². The second-order valence-electron chi connectivity index (χ2n) is 6.25. The largest absolute Gasteiger partial charge is 0.467 e. The molecule has 0 aromatic heterocycles. The van der Waals surface area contributed by atoms with E-state index in [9.17, 15) is 4.79 Å². The Kier molecular flexibility index (Phi) is 3.24. The lowest BCUT2D eigenvalue weighted by Gasteiger charge is -2.55. The number of benzene rings is 1. The van der Waals surface area contributed by atoms with E-state index in [1.54, 1.807) is 4.90 Å². The number of fused-ring (bicyclic) bond motifs is 4. The van der Waals surface area contributed by atoms with Gasteiger partial charge in [-0.05, 0) is 25.0 Å². The van der Waals surface area contributed by atoms with Crippen molar-refractivity contribution >= 4 is 17.6 Å². The molecule has 1 aromatic rings. The van der Waals surface area contributed by atoms with Gasteiger partial charge in [-0.15, -0.1) is 0 Å².